The lowest BCUT2D eigenvalue weighted by Gasteiger charge is -2.03. The van der Waals surface area contributed by atoms with Gasteiger partial charge in [-0.1, -0.05) is 0 Å². The molecule has 82 valence electrons. The molecule has 0 atom stereocenters. The van der Waals surface area contributed by atoms with Crippen molar-refractivity contribution in [1.82, 2.24) is 15.5 Å². The highest BCUT2D eigenvalue weighted by Crippen LogP contribution is 2.27. The molecule has 0 aliphatic heterocycles. The molecule has 0 radical (unpaired) electrons. The number of ether oxygens (including phenoxy) is 1. The van der Waals surface area contributed by atoms with Gasteiger partial charge in [0.25, 0.3) is 0 Å². The Balaban J connectivity index is 1.75. The lowest BCUT2D eigenvalue weighted by Crippen LogP contribution is -2.17. The minimum absolute atomic E-state index is 0.600. The van der Waals surface area contributed by atoms with E-state index in [4.69, 9.17) is 4.74 Å². The summed E-state index contributed by atoms with van der Waals surface area (Å²) in [5, 5.41) is 11.4. The Morgan fingerprint density at radius 1 is 1.40 bits per heavy atom. The van der Waals surface area contributed by atoms with Gasteiger partial charge < -0.3 is 10.1 Å². The van der Waals surface area contributed by atoms with Gasteiger partial charge in [-0.15, -0.1) is 5.10 Å². The Bertz CT molecular complexity index is 295. The van der Waals surface area contributed by atoms with Gasteiger partial charge in [0.2, 0.25) is 5.88 Å². The van der Waals surface area contributed by atoms with Crippen LogP contribution in [0.3, 0.4) is 0 Å². The molecule has 1 aliphatic rings. The van der Waals surface area contributed by atoms with Crippen LogP contribution in [0.25, 0.3) is 0 Å². The summed E-state index contributed by atoms with van der Waals surface area (Å²) in [6.07, 6.45) is 2.75. The number of nitrogens with one attached hydrogen (secondary N) is 1. The van der Waals surface area contributed by atoms with Crippen LogP contribution in [0.2, 0.25) is 0 Å². The first kappa shape index (κ1) is 10.4. The first-order valence-electron chi connectivity index (χ1n) is 5.54. The fourth-order valence-corrected chi connectivity index (χ4v) is 1.39. The zero-order valence-corrected chi connectivity index (χ0v) is 9.07. The van der Waals surface area contributed by atoms with Crippen LogP contribution in [0.5, 0.6) is 5.88 Å². The molecular weight excluding hydrogens is 190 g/mol. The maximum absolute atomic E-state index is 5.22. The number of aromatic nitrogens is 2. The van der Waals surface area contributed by atoms with Crippen molar-refractivity contribution in [3.8, 4) is 5.88 Å². The summed E-state index contributed by atoms with van der Waals surface area (Å²) in [6, 6.07) is 3.82. The normalized spacial score (nSPS) is 15.3. The summed E-state index contributed by atoms with van der Waals surface area (Å²) in [4.78, 5) is 0. The molecule has 1 aromatic heterocycles. The van der Waals surface area contributed by atoms with E-state index in [9.17, 15) is 0 Å². The van der Waals surface area contributed by atoms with Gasteiger partial charge in [0.1, 0.15) is 0 Å². The SMILES string of the molecule is CCOc1ccc(CNCC2CC2)nn1. The van der Waals surface area contributed by atoms with Crippen LogP contribution in [0.4, 0.5) is 0 Å². The molecule has 1 saturated carbocycles. The van der Waals surface area contributed by atoms with Crippen molar-refractivity contribution in [1.29, 1.82) is 0 Å². The van der Waals surface area contributed by atoms with E-state index in [0.717, 1.165) is 24.7 Å². The molecule has 1 fully saturated rings. The second kappa shape index (κ2) is 5.07. The summed E-state index contributed by atoms with van der Waals surface area (Å²) in [7, 11) is 0. The first-order chi connectivity index (χ1) is 7.38. The van der Waals surface area contributed by atoms with Crippen LogP contribution in [0.1, 0.15) is 25.5 Å². The zero-order valence-electron chi connectivity index (χ0n) is 9.07. The van der Waals surface area contributed by atoms with Crippen molar-refractivity contribution >= 4 is 0 Å². The highest BCUT2D eigenvalue weighted by Gasteiger charge is 2.20. The second-order valence-electron chi connectivity index (χ2n) is 3.87. The Labute approximate surface area is 90.1 Å². The average Bonchev–Trinajstić information content (AvgIpc) is 3.05. The van der Waals surface area contributed by atoms with Gasteiger partial charge in [0, 0.05) is 12.6 Å². The standard InChI is InChI=1S/C11H17N3O/c1-2-15-11-6-5-10(13-14-11)8-12-7-9-3-4-9/h5-6,9,12H,2-4,7-8H2,1H3. The van der Waals surface area contributed by atoms with Crippen molar-refractivity contribution in [2.45, 2.75) is 26.3 Å². The fraction of sp³-hybridized carbons (Fsp3) is 0.636. The van der Waals surface area contributed by atoms with E-state index in [2.05, 4.69) is 15.5 Å². The second-order valence-corrected chi connectivity index (χ2v) is 3.87. The molecule has 4 heteroatoms. The van der Waals surface area contributed by atoms with Gasteiger partial charge in [-0.2, -0.15) is 5.10 Å². The van der Waals surface area contributed by atoms with Crippen molar-refractivity contribution in [2.75, 3.05) is 13.2 Å². The van der Waals surface area contributed by atoms with E-state index in [0.29, 0.717) is 12.5 Å². The monoisotopic (exact) mass is 207 g/mol. The minimum atomic E-state index is 0.600. The van der Waals surface area contributed by atoms with Crippen LogP contribution >= 0.6 is 0 Å². The molecule has 1 N–H and O–H groups in total. The average molecular weight is 207 g/mol. The minimum Gasteiger partial charge on any atom is -0.477 e. The Morgan fingerprint density at radius 2 is 2.27 bits per heavy atom. The molecule has 1 aliphatic carbocycles. The van der Waals surface area contributed by atoms with Gasteiger partial charge in [-0.05, 0) is 38.3 Å². The molecule has 0 aromatic carbocycles. The van der Waals surface area contributed by atoms with Crippen molar-refractivity contribution in [3.63, 3.8) is 0 Å². The third kappa shape index (κ3) is 3.47. The molecule has 0 amide bonds. The van der Waals surface area contributed by atoms with Crippen LogP contribution in [0.15, 0.2) is 12.1 Å². The molecule has 15 heavy (non-hydrogen) atoms. The number of nitrogens with zero attached hydrogens (tertiary/aromatic N) is 2. The smallest absolute Gasteiger partial charge is 0.233 e. The predicted molar refractivity (Wildman–Crippen MR) is 57.6 cm³/mol. The highest BCUT2D eigenvalue weighted by molar-refractivity contribution is 5.11. The summed E-state index contributed by atoms with van der Waals surface area (Å²) < 4.78 is 5.22. The maximum Gasteiger partial charge on any atom is 0.233 e. The predicted octanol–water partition coefficient (Wildman–Crippen LogP) is 1.37. The third-order valence-corrected chi connectivity index (χ3v) is 2.42. The van der Waals surface area contributed by atoms with E-state index >= 15 is 0 Å². The lowest BCUT2D eigenvalue weighted by molar-refractivity contribution is 0.322. The number of hydrogen-bond acceptors (Lipinski definition) is 4. The van der Waals surface area contributed by atoms with Crippen LogP contribution in [-0.4, -0.2) is 23.3 Å². The van der Waals surface area contributed by atoms with E-state index in [1.165, 1.54) is 12.8 Å². The Hall–Kier alpha value is -1.16. The molecule has 4 nitrogen and oxygen atoms in total. The van der Waals surface area contributed by atoms with Crippen LogP contribution < -0.4 is 10.1 Å². The first-order valence-corrected chi connectivity index (χ1v) is 5.54. The van der Waals surface area contributed by atoms with E-state index in [-0.39, 0.29) is 0 Å². The van der Waals surface area contributed by atoms with Gasteiger partial charge >= 0.3 is 0 Å². The summed E-state index contributed by atoms with van der Waals surface area (Å²) in [5.41, 5.74) is 0.971. The maximum atomic E-state index is 5.22. The highest BCUT2D eigenvalue weighted by atomic mass is 16.5. The lowest BCUT2D eigenvalue weighted by atomic mass is 10.3. The van der Waals surface area contributed by atoms with E-state index in [1.54, 1.807) is 0 Å². The van der Waals surface area contributed by atoms with E-state index in [1.807, 2.05) is 19.1 Å². The van der Waals surface area contributed by atoms with Crippen molar-refractivity contribution in [3.05, 3.63) is 17.8 Å². The van der Waals surface area contributed by atoms with E-state index < -0.39 is 0 Å². The molecular formula is C11H17N3O. The molecule has 0 bridgehead atoms. The quantitative estimate of drug-likeness (QED) is 0.765. The molecule has 0 saturated heterocycles. The number of rotatable bonds is 6. The summed E-state index contributed by atoms with van der Waals surface area (Å²) in [6.45, 7) is 4.48. The topological polar surface area (TPSA) is 47.0 Å². The largest absolute Gasteiger partial charge is 0.477 e. The van der Waals surface area contributed by atoms with Gasteiger partial charge in [0.15, 0.2) is 0 Å². The Kier molecular flexibility index (Phi) is 3.50. The molecule has 2 rings (SSSR count). The van der Waals surface area contributed by atoms with Crippen LogP contribution in [-0.2, 0) is 6.54 Å². The van der Waals surface area contributed by atoms with Gasteiger partial charge in [0.05, 0.1) is 12.3 Å². The molecule has 1 heterocycles. The fourth-order valence-electron chi connectivity index (χ4n) is 1.39. The van der Waals surface area contributed by atoms with Gasteiger partial charge in [-0.25, -0.2) is 0 Å². The summed E-state index contributed by atoms with van der Waals surface area (Å²) in [5.74, 6) is 1.50. The van der Waals surface area contributed by atoms with Gasteiger partial charge in [-0.3, -0.25) is 0 Å². The third-order valence-electron chi connectivity index (χ3n) is 2.42. The van der Waals surface area contributed by atoms with Crippen molar-refractivity contribution in [2.24, 2.45) is 5.92 Å². The van der Waals surface area contributed by atoms with Crippen molar-refractivity contribution < 1.29 is 4.74 Å². The molecule has 1 aromatic rings. The zero-order chi connectivity index (χ0) is 10.5. The molecule has 0 unspecified atom stereocenters. The van der Waals surface area contributed by atoms with Crippen LogP contribution in [0, 0.1) is 5.92 Å². The Morgan fingerprint density at radius 3 is 2.87 bits per heavy atom. The summed E-state index contributed by atoms with van der Waals surface area (Å²) >= 11 is 0. The molecule has 0 spiro atoms. The number of hydrogen-bond donors (Lipinski definition) is 1.